The second-order valence-corrected chi connectivity index (χ2v) is 7.49. The summed E-state index contributed by atoms with van der Waals surface area (Å²) >= 11 is 5.81. The van der Waals surface area contributed by atoms with Gasteiger partial charge in [0, 0.05) is 22.2 Å². The first-order valence-corrected chi connectivity index (χ1v) is 9.52. The Morgan fingerprint density at radius 2 is 1.72 bits per heavy atom. The van der Waals surface area contributed by atoms with Crippen molar-refractivity contribution in [2.24, 2.45) is 0 Å². The first-order valence-electron chi connectivity index (χ1n) is 8.33. The van der Waals surface area contributed by atoms with Crippen LogP contribution in [0.1, 0.15) is 15.9 Å². The van der Waals surface area contributed by atoms with E-state index in [4.69, 9.17) is 11.6 Å². The quantitative estimate of drug-likeness (QED) is 0.541. The Kier molecular flexibility index (Phi) is 6.34. The number of nitrogens with zero attached hydrogens (tertiary/aromatic N) is 1. The number of anilines is 1. The van der Waals surface area contributed by atoms with E-state index in [0.717, 1.165) is 0 Å². The van der Waals surface area contributed by atoms with Crippen LogP contribution in [-0.4, -0.2) is 16.0 Å². The smallest absolute Gasteiger partial charge is 0.321 e. The van der Waals surface area contributed by atoms with Gasteiger partial charge in [-0.05, 0) is 41.6 Å². The number of pyridine rings is 1. The molecule has 0 saturated carbocycles. The van der Waals surface area contributed by atoms with Crippen LogP contribution in [0.4, 0.5) is 18.9 Å². The average molecular weight is 439 g/mol. The highest BCUT2D eigenvalue weighted by molar-refractivity contribution is 8.00. The number of thioether (sulfide) groups is 1. The van der Waals surface area contributed by atoms with Crippen molar-refractivity contribution in [1.29, 1.82) is 0 Å². The number of carbonyl (C=O) groups excluding carboxylic acids is 1. The number of para-hydroxylation sites is 1. The molecule has 0 bridgehead atoms. The third kappa shape index (κ3) is 5.65. The van der Waals surface area contributed by atoms with E-state index in [9.17, 15) is 22.8 Å². The zero-order valence-electron chi connectivity index (χ0n) is 14.7. The summed E-state index contributed by atoms with van der Waals surface area (Å²) in [5.74, 6) is -0.631. The number of aromatic nitrogens is 1. The number of carbonyl (C=O) groups is 1. The van der Waals surface area contributed by atoms with Crippen LogP contribution in [0.15, 0.2) is 76.6 Å². The molecular weight excluding hydrogens is 425 g/mol. The van der Waals surface area contributed by atoms with Crippen LogP contribution in [-0.2, 0) is 6.54 Å². The second kappa shape index (κ2) is 8.75. The summed E-state index contributed by atoms with van der Waals surface area (Å²) in [6.07, 6.45) is 1.35. The second-order valence-electron chi connectivity index (χ2n) is 5.97. The molecule has 3 aromatic rings. The average Bonchev–Trinajstić information content (AvgIpc) is 2.65. The molecule has 0 fully saturated rings. The summed E-state index contributed by atoms with van der Waals surface area (Å²) < 4.78 is 39.5. The molecule has 0 radical (unpaired) electrons. The van der Waals surface area contributed by atoms with Crippen LogP contribution in [0.5, 0.6) is 0 Å². The first-order chi connectivity index (χ1) is 13.7. The molecule has 4 nitrogen and oxygen atoms in total. The van der Waals surface area contributed by atoms with Gasteiger partial charge < -0.3 is 9.88 Å². The minimum Gasteiger partial charge on any atom is -0.321 e. The predicted molar refractivity (Wildman–Crippen MR) is 108 cm³/mol. The van der Waals surface area contributed by atoms with E-state index < -0.39 is 11.4 Å². The maximum absolute atomic E-state index is 12.7. The Morgan fingerprint density at radius 3 is 2.45 bits per heavy atom. The summed E-state index contributed by atoms with van der Waals surface area (Å²) in [6, 6.07) is 15.1. The van der Waals surface area contributed by atoms with Crippen molar-refractivity contribution in [2.45, 2.75) is 16.9 Å². The van der Waals surface area contributed by atoms with Crippen LogP contribution < -0.4 is 10.9 Å². The third-order valence-corrected chi connectivity index (χ3v) is 5.08. The van der Waals surface area contributed by atoms with Gasteiger partial charge in [-0.25, -0.2) is 0 Å². The maximum atomic E-state index is 12.7. The van der Waals surface area contributed by atoms with Crippen molar-refractivity contribution in [2.75, 3.05) is 5.32 Å². The van der Waals surface area contributed by atoms with Crippen molar-refractivity contribution in [3.8, 4) is 0 Å². The number of alkyl halides is 3. The van der Waals surface area contributed by atoms with Gasteiger partial charge in [0.1, 0.15) is 0 Å². The summed E-state index contributed by atoms with van der Waals surface area (Å²) in [7, 11) is 0. The van der Waals surface area contributed by atoms with E-state index >= 15 is 0 Å². The van der Waals surface area contributed by atoms with Gasteiger partial charge in [-0.15, -0.1) is 0 Å². The standard InChI is InChI=1S/C20H14ClF3N2O2S/c21-15-6-2-1-5-13(15)11-26-12-14(9-10-18(26)27)19(28)25-16-7-3-4-8-17(16)29-20(22,23)24/h1-10,12H,11H2,(H,25,28). The molecule has 2 aromatic carbocycles. The topological polar surface area (TPSA) is 51.1 Å². The molecule has 0 aliphatic heterocycles. The van der Waals surface area contributed by atoms with E-state index in [0.29, 0.717) is 10.6 Å². The van der Waals surface area contributed by atoms with E-state index in [-0.39, 0.29) is 40.0 Å². The number of hydrogen-bond acceptors (Lipinski definition) is 3. The van der Waals surface area contributed by atoms with Crippen LogP contribution in [0, 0.1) is 0 Å². The lowest BCUT2D eigenvalue weighted by molar-refractivity contribution is -0.0328. The minimum absolute atomic E-state index is 0.0312. The highest BCUT2D eigenvalue weighted by atomic mass is 35.5. The summed E-state index contributed by atoms with van der Waals surface area (Å²) in [4.78, 5) is 24.6. The molecule has 0 spiro atoms. The molecule has 0 unspecified atom stereocenters. The molecule has 9 heteroatoms. The first kappa shape index (κ1) is 21.0. The molecule has 3 rings (SSSR count). The third-order valence-electron chi connectivity index (χ3n) is 3.91. The van der Waals surface area contributed by atoms with Gasteiger partial charge in [-0.1, -0.05) is 41.9 Å². The maximum Gasteiger partial charge on any atom is 0.446 e. The van der Waals surface area contributed by atoms with Gasteiger partial charge >= 0.3 is 5.51 Å². The molecule has 0 saturated heterocycles. The van der Waals surface area contributed by atoms with E-state index in [2.05, 4.69) is 5.32 Å². The van der Waals surface area contributed by atoms with Gasteiger partial charge in [-0.2, -0.15) is 13.2 Å². The van der Waals surface area contributed by atoms with Crippen molar-refractivity contribution in [3.05, 3.63) is 93.4 Å². The lowest BCUT2D eigenvalue weighted by Crippen LogP contribution is -2.22. The zero-order valence-corrected chi connectivity index (χ0v) is 16.3. The Bertz CT molecular complexity index is 1100. The van der Waals surface area contributed by atoms with Crippen molar-refractivity contribution in [1.82, 2.24) is 4.57 Å². The molecule has 1 aromatic heterocycles. The lowest BCUT2D eigenvalue weighted by Gasteiger charge is -2.13. The molecule has 0 aliphatic rings. The lowest BCUT2D eigenvalue weighted by atomic mass is 10.2. The zero-order chi connectivity index (χ0) is 21.0. The molecule has 150 valence electrons. The molecule has 1 N–H and O–H groups in total. The number of nitrogens with one attached hydrogen (secondary N) is 1. The molecule has 0 atom stereocenters. The number of amides is 1. The number of rotatable bonds is 5. The Labute approximate surface area is 173 Å². The van der Waals surface area contributed by atoms with Crippen LogP contribution >= 0.6 is 23.4 Å². The molecule has 29 heavy (non-hydrogen) atoms. The predicted octanol–water partition coefficient (Wildman–Crippen LogP) is 5.41. The highest BCUT2D eigenvalue weighted by Crippen LogP contribution is 2.40. The molecular formula is C20H14ClF3N2O2S. The fraction of sp³-hybridized carbons (Fsp3) is 0.100. The van der Waals surface area contributed by atoms with Crippen LogP contribution in [0.25, 0.3) is 0 Å². The fourth-order valence-electron chi connectivity index (χ4n) is 2.58. The Balaban J connectivity index is 1.84. The minimum atomic E-state index is -4.48. The Hall–Kier alpha value is -2.71. The van der Waals surface area contributed by atoms with Crippen molar-refractivity contribution < 1.29 is 18.0 Å². The van der Waals surface area contributed by atoms with Crippen molar-refractivity contribution in [3.63, 3.8) is 0 Å². The molecule has 0 aliphatic carbocycles. The number of benzene rings is 2. The molecule has 1 heterocycles. The molecule has 1 amide bonds. The normalized spacial score (nSPS) is 11.3. The van der Waals surface area contributed by atoms with Gasteiger partial charge in [-0.3, -0.25) is 9.59 Å². The number of halogens is 4. The van der Waals surface area contributed by atoms with Crippen LogP contribution in [0.3, 0.4) is 0 Å². The van der Waals surface area contributed by atoms with E-state index in [1.165, 1.54) is 47.2 Å². The highest BCUT2D eigenvalue weighted by Gasteiger charge is 2.30. The SMILES string of the molecule is O=C(Nc1ccccc1SC(F)(F)F)c1ccc(=O)n(Cc2ccccc2Cl)c1. The van der Waals surface area contributed by atoms with Gasteiger partial charge in [0.25, 0.3) is 11.5 Å². The van der Waals surface area contributed by atoms with Crippen molar-refractivity contribution >= 4 is 35.0 Å². The van der Waals surface area contributed by atoms with Crippen LogP contribution in [0.2, 0.25) is 5.02 Å². The van der Waals surface area contributed by atoms with Gasteiger partial charge in [0.05, 0.1) is 17.8 Å². The van der Waals surface area contributed by atoms with E-state index in [1.54, 1.807) is 24.3 Å². The fourth-order valence-corrected chi connectivity index (χ4v) is 3.40. The van der Waals surface area contributed by atoms with E-state index in [1.807, 2.05) is 0 Å². The summed E-state index contributed by atoms with van der Waals surface area (Å²) in [5, 5.41) is 2.95. The largest absolute Gasteiger partial charge is 0.446 e. The van der Waals surface area contributed by atoms with Gasteiger partial charge in [0.2, 0.25) is 0 Å². The summed E-state index contributed by atoms with van der Waals surface area (Å²) in [6.45, 7) is 0.153. The summed E-state index contributed by atoms with van der Waals surface area (Å²) in [5.41, 5.74) is -3.97. The monoisotopic (exact) mass is 438 g/mol. The number of hydrogen-bond donors (Lipinski definition) is 1. The Morgan fingerprint density at radius 1 is 1.03 bits per heavy atom. The van der Waals surface area contributed by atoms with Gasteiger partial charge in [0.15, 0.2) is 0 Å².